The van der Waals surface area contributed by atoms with Crippen LogP contribution in [0.25, 0.3) is 0 Å². The highest BCUT2D eigenvalue weighted by atomic mass is 16.5. The van der Waals surface area contributed by atoms with Gasteiger partial charge in [-0.15, -0.1) is 0 Å². The van der Waals surface area contributed by atoms with Crippen molar-refractivity contribution in [2.45, 2.75) is 71.8 Å². The summed E-state index contributed by atoms with van der Waals surface area (Å²) in [4.78, 5) is 12.3. The number of nitrogens with one attached hydrogen (secondary N) is 1. The minimum atomic E-state index is -0.340. The molecule has 130 valence electrons. The molecule has 1 amide bonds. The molecule has 1 aliphatic rings. The second kappa shape index (κ2) is 11.2. The molecule has 0 heterocycles. The van der Waals surface area contributed by atoms with Crippen molar-refractivity contribution in [1.82, 2.24) is 0 Å². The SMILES string of the molecule is CC.COC(CCC1CCCCC1)C(=O)Nc1cccc(C)c1. The highest BCUT2D eigenvalue weighted by Crippen LogP contribution is 2.28. The van der Waals surface area contributed by atoms with Gasteiger partial charge in [0.25, 0.3) is 5.91 Å². The molecular weight excluding hydrogens is 286 g/mol. The number of hydrogen-bond donors (Lipinski definition) is 1. The number of ether oxygens (including phenoxy) is 1. The molecule has 0 radical (unpaired) electrons. The Morgan fingerprint density at radius 1 is 1.26 bits per heavy atom. The molecule has 23 heavy (non-hydrogen) atoms. The Kier molecular flexibility index (Phi) is 9.61. The number of carbonyl (C=O) groups is 1. The molecule has 1 aromatic rings. The molecule has 0 bridgehead atoms. The van der Waals surface area contributed by atoms with E-state index >= 15 is 0 Å². The molecule has 0 aromatic heterocycles. The van der Waals surface area contributed by atoms with E-state index in [0.717, 1.165) is 30.0 Å². The molecule has 3 heteroatoms. The average molecular weight is 319 g/mol. The van der Waals surface area contributed by atoms with E-state index in [9.17, 15) is 4.79 Å². The van der Waals surface area contributed by atoms with Crippen LogP contribution >= 0.6 is 0 Å². The molecule has 1 N–H and O–H groups in total. The van der Waals surface area contributed by atoms with Crippen LogP contribution in [0.15, 0.2) is 24.3 Å². The Hall–Kier alpha value is -1.35. The summed E-state index contributed by atoms with van der Waals surface area (Å²) in [7, 11) is 1.63. The Bertz CT molecular complexity index is 453. The van der Waals surface area contributed by atoms with Gasteiger partial charge < -0.3 is 10.1 Å². The predicted octanol–water partition coefficient (Wildman–Crippen LogP) is 5.34. The fourth-order valence-corrected chi connectivity index (χ4v) is 3.16. The fourth-order valence-electron chi connectivity index (χ4n) is 3.16. The first-order valence-corrected chi connectivity index (χ1v) is 9.09. The van der Waals surface area contributed by atoms with E-state index in [4.69, 9.17) is 4.74 Å². The highest BCUT2D eigenvalue weighted by molar-refractivity contribution is 5.94. The third-order valence-electron chi connectivity index (χ3n) is 4.42. The maximum atomic E-state index is 12.3. The van der Waals surface area contributed by atoms with E-state index < -0.39 is 0 Å². The minimum Gasteiger partial charge on any atom is -0.372 e. The predicted molar refractivity (Wildman–Crippen MR) is 97.8 cm³/mol. The van der Waals surface area contributed by atoms with Crippen molar-refractivity contribution in [2.75, 3.05) is 12.4 Å². The smallest absolute Gasteiger partial charge is 0.253 e. The number of carbonyl (C=O) groups excluding carboxylic acids is 1. The molecule has 1 unspecified atom stereocenters. The summed E-state index contributed by atoms with van der Waals surface area (Å²) in [6, 6.07) is 7.87. The Labute approximate surface area is 141 Å². The van der Waals surface area contributed by atoms with Crippen LogP contribution in [0.4, 0.5) is 5.69 Å². The van der Waals surface area contributed by atoms with Crippen LogP contribution in [-0.2, 0) is 9.53 Å². The van der Waals surface area contributed by atoms with E-state index in [1.54, 1.807) is 7.11 Å². The summed E-state index contributed by atoms with van der Waals surface area (Å²) in [5.41, 5.74) is 1.99. The molecule has 0 aliphatic heterocycles. The third kappa shape index (κ3) is 7.17. The summed E-state index contributed by atoms with van der Waals surface area (Å²) >= 11 is 0. The number of aryl methyl sites for hydroxylation is 1. The zero-order chi connectivity index (χ0) is 17.1. The summed E-state index contributed by atoms with van der Waals surface area (Å²) in [5.74, 6) is 0.752. The van der Waals surface area contributed by atoms with Crippen LogP contribution in [0.5, 0.6) is 0 Å². The van der Waals surface area contributed by atoms with Gasteiger partial charge in [0.05, 0.1) is 0 Å². The van der Waals surface area contributed by atoms with Gasteiger partial charge in [-0.2, -0.15) is 0 Å². The largest absolute Gasteiger partial charge is 0.372 e. The van der Waals surface area contributed by atoms with Gasteiger partial charge in [-0.3, -0.25) is 4.79 Å². The van der Waals surface area contributed by atoms with Crippen molar-refractivity contribution in [1.29, 1.82) is 0 Å². The van der Waals surface area contributed by atoms with E-state index in [2.05, 4.69) is 5.32 Å². The van der Waals surface area contributed by atoms with E-state index in [-0.39, 0.29) is 12.0 Å². The lowest BCUT2D eigenvalue weighted by molar-refractivity contribution is -0.126. The molecule has 3 nitrogen and oxygen atoms in total. The third-order valence-corrected chi connectivity index (χ3v) is 4.42. The van der Waals surface area contributed by atoms with Crippen molar-refractivity contribution in [3.8, 4) is 0 Å². The number of hydrogen-bond acceptors (Lipinski definition) is 2. The maximum absolute atomic E-state index is 12.3. The normalized spacial score (nSPS) is 16.2. The quantitative estimate of drug-likeness (QED) is 0.769. The van der Waals surface area contributed by atoms with Crippen LogP contribution in [0.3, 0.4) is 0 Å². The lowest BCUT2D eigenvalue weighted by atomic mass is 9.85. The van der Waals surface area contributed by atoms with Gasteiger partial charge in [0.15, 0.2) is 0 Å². The van der Waals surface area contributed by atoms with Crippen LogP contribution in [-0.4, -0.2) is 19.1 Å². The van der Waals surface area contributed by atoms with Gasteiger partial charge >= 0.3 is 0 Å². The van der Waals surface area contributed by atoms with Gasteiger partial charge in [0, 0.05) is 12.8 Å². The van der Waals surface area contributed by atoms with Gasteiger partial charge in [-0.05, 0) is 43.4 Å². The zero-order valence-corrected chi connectivity index (χ0v) is 15.2. The monoisotopic (exact) mass is 319 g/mol. The average Bonchev–Trinajstić information content (AvgIpc) is 2.58. The van der Waals surface area contributed by atoms with E-state index in [0.29, 0.717) is 0 Å². The van der Waals surface area contributed by atoms with Gasteiger partial charge in [-0.1, -0.05) is 58.1 Å². The molecule has 1 fully saturated rings. The van der Waals surface area contributed by atoms with Crippen LogP contribution in [0, 0.1) is 12.8 Å². The summed E-state index contributed by atoms with van der Waals surface area (Å²) in [5, 5.41) is 2.96. The molecule has 1 aliphatic carbocycles. The van der Waals surface area contributed by atoms with Crippen LogP contribution in [0.1, 0.15) is 64.4 Å². The fraction of sp³-hybridized carbons (Fsp3) is 0.650. The van der Waals surface area contributed by atoms with Gasteiger partial charge in [-0.25, -0.2) is 0 Å². The zero-order valence-electron chi connectivity index (χ0n) is 15.2. The Morgan fingerprint density at radius 3 is 2.57 bits per heavy atom. The molecule has 0 saturated heterocycles. The number of methoxy groups -OCH3 is 1. The minimum absolute atomic E-state index is 0.0288. The molecule has 1 aromatic carbocycles. The number of anilines is 1. The van der Waals surface area contributed by atoms with Crippen molar-refractivity contribution in [2.24, 2.45) is 5.92 Å². The second-order valence-corrected chi connectivity index (χ2v) is 6.16. The van der Waals surface area contributed by atoms with Gasteiger partial charge in [0.1, 0.15) is 6.10 Å². The molecule has 1 saturated carbocycles. The first-order valence-electron chi connectivity index (χ1n) is 9.09. The lowest BCUT2D eigenvalue weighted by Crippen LogP contribution is -2.30. The Balaban J connectivity index is 0.00000127. The maximum Gasteiger partial charge on any atom is 0.253 e. The molecule has 2 rings (SSSR count). The lowest BCUT2D eigenvalue weighted by Gasteiger charge is -2.23. The summed E-state index contributed by atoms with van der Waals surface area (Å²) in [6.07, 6.45) is 8.27. The van der Waals surface area contributed by atoms with Crippen LogP contribution < -0.4 is 5.32 Å². The van der Waals surface area contributed by atoms with E-state index in [1.807, 2.05) is 45.0 Å². The van der Waals surface area contributed by atoms with Crippen LogP contribution in [0.2, 0.25) is 0 Å². The standard InChI is InChI=1S/C18H27NO2.C2H6/c1-14-7-6-10-16(13-14)19-18(20)17(21-2)12-11-15-8-4-3-5-9-15;1-2/h6-7,10,13,15,17H,3-5,8-9,11-12H2,1-2H3,(H,19,20);1-2H3. The molecule has 1 atom stereocenters. The first-order chi connectivity index (χ1) is 11.2. The first kappa shape index (κ1) is 19.7. The highest BCUT2D eigenvalue weighted by Gasteiger charge is 2.21. The number of benzene rings is 1. The van der Waals surface area contributed by atoms with Crippen molar-refractivity contribution >= 4 is 11.6 Å². The van der Waals surface area contributed by atoms with Crippen molar-refractivity contribution in [3.63, 3.8) is 0 Å². The topological polar surface area (TPSA) is 38.3 Å². The van der Waals surface area contributed by atoms with E-state index in [1.165, 1.54) is 32.1 Å². The number of amides is 1. The van der Waals surface area contributed by atoms with Crippen molar-refractivity contribution < 1.29 is 9.53 Å². The summed E-state index contributed by atoms with van der Waals surface area (Å²) in [6.45, 7) is 6.02. The molecule has 0 spiro atoms. The molecular formula is C20H33NO2. The second-order valence-electron chi connectivity index (χ2n) is 6.16. The van der Waals surface area contributed by atoms with Crippen molar-refractivity contribution in [3.05, 3.63) is 29.8 Å². The summed E-state index contributed by atoms with van der Waals surface area (Å²) < 4.78 is 5.39. The Morgan fingerprint density at radius 2 is 1.96 bits per heavy atom. The number of rotatable bonds is 6. The van der Waals surface area contributed by atoms with Gasteiger partial charge in [0.2, 0.25) is 0 Å².